The van der Waals surface area contributed by atoms with Crippen molar-refractivity contribution in [3.05, 3.63) is 47.1 Å². The maximum Gasteiger partial charge on any atom is 0.259 e. The van der Waals surface area contributed by atoms with E-state index in [1.165, 1.54) is 24.3 Å². The Hall–Kier alpha value is -2.90. The summed E-state index contributed by atoms with van der Waals surface area (Å²) >= 11 is 0. The Labute approximate surface area is 169 Å². The highest BCUT2D eigenvalue weighted by Gasteiger charge is 2.40. The first-order valence-electron chi connectivity index (χ1n) is 9.74. The maximum absolute atomic E-state index is 13.2. The Morgan fingerprint density at radius 2 is 2.07 bits per heavy atom. The lowest BCUT2D eigenvalue weighted by molar-refractivity contribution is -0.122. The number of carbonyl (C=O) groups is 2. The monoisotopic (exact) mass is 403 g/mol. The van der Waals surface area contributed by atoms with Gasteiger partial charge in [-0.2, -0.15) is 0 Å². The fourth-order valence-corrected chi connectivity index (χ4v) is 3.92. The van der Waals surface area contributed by atoms with Crippen molar-refractivity contribution in [2.45, 2.75) is 39.5 Å². The van der Waals surface area contributed by atoms with E-state index in [9.17, 15) is 14.0 Å². The van der Waals surface area contributed by atoms with Crippen molar-refractivity contribution in [2.24, 2.45) is 11.1 Å². The minimum Gasteiger partial charge on any atom is -0.493 e. The molecule has 1 atom stereocenters. The number of rotatable bonds is 7. The molecule has 2 aromatic rings. The summed E-state index contributed by atoms with van der Waals surface area (Å²) < 4.78 is 24.2. The number of carbonyl (C=O) groups excluding carboxylic acids is 2. The van der Waals surface area contributed by atoms with Crippen molar-refractivity contribution < 1.29 is 23.2 Å². The molecule has 1 aliphatic heterocycles. The molecule has 2 amide bonds. The zero-order valence-corrected chi connectivity index (χ0v) is 16.7. The summed E-state index contributed by atoms with van der Waals surface area (Å²) in [6.07, 6.45) is 2.11. The van der Waals surface area contributed by atoms with Gasteiger partial charge in [0.05, 0.1) is 12.3 Å². The molecule has 0 bridgehead atoms. The number of piperidine rings is 1. The standard InChI is InChI=1S/C21H26FN3O4/c1-3-17-19(14(2)29-24-17)20(27)25-10-4-9-21(12-25,11-18(23)26)13-28-16-7-5-15(22)6-8-16/h5-8H,3-4,9-13H2,1-2H3,(H2,23,26). The summed E-state index contributed by atoms with van der Waals surface area (Å²) in [5.74, 6) is 0.0325. The molecule has 0 aliphatic carbocycles. The third-order valence-corrected chi connectivity index (χ3v) is 5.34. The Morgan fingerprint density at radius 3 is 2.72 bits per heavy atom. The van der Waals surface area contributed by atoms with Crippen molar-refractivity contribution in [1.82, 2.24) is 10.1 Å². The highest BCUT2D eigenvalue weighted by Crippen LogP contribution is 2.35. The van der Waals surface area contributed by atoms with Gasteiger partial charge in [0, 0.05) is 24.9 Å². The number of nitrogens with zero attached hydrogens (tertiary/aromatic N) is 2. The van der Waals surface area contributed by atoms with Crippen molar-refractivity contribution in [3.8, 4) is 5.75 Å². The molecule has 0 spiro atoms. The Balaban J connectivity index is 1.79. The molecular weight excluding hydrogens is 377 g/mol. The molecule has 2 heterocycles. The lowest BCUT2D eigenvalue weighted by atomic mass is 9.77. The molecule has 1 aromatic heterocycles. The number of likely N-dealkylation sites (tertiary alicyclic amines) is 1. The van der Waals surface area contributed by atoms with Crippen LogP contribution in [0, 0.1) is 18.2 Å². The Bertz CT molecular complexity index is 881. The molecule has 1 saturated heterocycles. The topological polar surface area (TPSA) is 98.7 Å². The maximum atomic E-state index is 13.2. The molecule has 1 fully saturated rings. The zero-order valence-electron chi connectivity index (χ0n) is 16.7. The first-order chi connectivity index (χ1) is 13.8. The van der Waals surface area contributed by atoms with Crippen LogP contribution >= 0.6 is 0 Å². The molecule has 3 rings (SSSR count). The number of primary amides is 1. The van der Waals surface area contributed by atoms with Crippen LogP contribution in [0.4, 0.5) is 4.39 Å². The molecule has 0 saturated carbocycles. The molecule has 1 aromatic carbocycles. The number of aryl methyl sites for hydroxylation is 2. The lowest BCUT2D eigenvalue weighted by Crippen LogP contribution is -2.50. The highest BCUT2D eigenvalue weighted by molar-refractivity contribution is 5.96. The van der Waals surface area contributed by atoms with E-state index in [1.54, 1.807) is 11.8 Å². The van der Waals surface area contributed by atoms with Crippen LogP contribution in [0.15, 0.2) is 28.8 Å². The smallest absolute Gasteiger partial charge is 0.259 e. The van der Waals surface area contributed by atoms with E-state index in [1.807, 2.05) is 6.92 Å². The number of halogens is 1. The first kappa shape index (κ1) is 20.8. The van der Waals surface area contributed by atoms with Gasteiger partial charge in [0.1, 0.15) is 22.9 Å². The van der Waals surface area contributed by atoms with E-state index >= 15 is 0 Å². The fourth-order valence-electron chi connectivity index (χ4n) is 3.92. The second-order valence-electron chi connectivity index (χ2n) is 7.63. The van der Waals surface area contributed by atoms with Crippen molar-refractivity contribution >= 4 is 11.8 Å². The molecule has 1 aliphatic rings. The number of hydrogen-bond donors (Lipinski definition) is 1. The van der Waals surface area contributed by atoms with Gasteiger partial charge in [0.25, 0.3) is 5.91 Å². The molecule has 0 radical (unpaired) electrons. The van der Waals surface area contributed by atoms with Crippen LogP contribution in [0.5, 0.6) is 5.75 Å². The van der Waals surface area contributed by atoms with Crippen LogP contribution in [0.2, 0.25) is 0 Å². The van der Waals surface area contributed by atoms with Crippen LogP contribution in [-0.2, 0) is 11.2 Å². The molecule has 1 unspecified atom stereocenters. The van der Waals surface area contributed by atoms with E-state index in [0.29, 0.717) is 48.7 Å². The normalized spacial score (nSPS) is 19.2. The predicted molar refractivity (Wildman–Crippen MR) is 104 cm³/mol. The van der Waals surface area contributed by atoms with Crippen molar-refractivity contribution in [3.63, 3.8) is 0 Å². The number of ether oxygens (including phenoxy) is 1. The van der Waals surface area contributed by atoms with Gasteiger partial charge < -0.3 is 19.9 Å². The van der Waals surface area contributed by atoms with E-state index in [-0.39, 0.29) is 24.8 Å². The predicted octanol–water partition coefficient (Wildman–Crippen LogP) is 2.86. The van der Waals surface area contributed by atoms with E-state index in [0.717, 1.165) is 6.42 Å². The highest BCUT2D eigenvalue weighted by atomic mass is 19.1. The average molecular weight is 403 g/mol. The zero-order chi connectivity index (χ0) is 21.0. The third kappa shape index (κ3) is 4.75. The molecule has 29 heavy (non-hydrogen) atoms. The van der Waals surface area contributed by atoms with Gasteiger partial charge in [-0.3, -0.25) is 9.59 Å². The summed E-state index contributed by atoms with van der Waals surface area (Å²) in [5.41, 5.74) is 6.02. The first-order valence-corrected chi connectivity index (χ1v) is 9.74. The third-order valence-electron chi connectivity index (χ3n) is 5.34. The van der Waals surface area contributed by atoms with Crippen molar-refractivity contribution in [2.75, 3.05) is 19.7 Å². The van der Waals surface area contributed by atoms with Gasteiger partial charge in [-0.25, -0.2) is 4.39 Å². The van der Waals surface area contributed by atoms with Crippen LogP contribution in [0.25, 0.3) is 0 Å². The molecule has 156 valence electrons. The minimum atomic E-state index is -0.606. The molecule has 2 N–H and O–H groups in total. The number of benzene rings is 1. The lowest BCUT2D eigenvalue weighted by Gasteiger charge is -2.42. The largest absolute Gasteiger partial charge is 0.493 e. The average Bonchev–Trinajstić information content (AvgIpc) is 3.07. The summed E-state index contributed by atoms with van der Waals surface area (Å²) in [5, 5.41) is 3.97. The van der Waals surface area contributed by atoms with Gasteiger partial charge in [-0.1, -0.05) is 12.1 Å². The van der Waals surface area contributed by atoms with E-state index < -0.39 is 11.3 Å². The van der Waals surface area contributed by atoms with Crippen LogP contribution in [0.3, 0.4) is 0 Å². The molecular formula is C21H26FN3O4. The molecule has 8 heteroatoms. The van der Waals surface area contributed by atoms with Crippen LogP contribution < -0.4 is 10.5 Å². The number of nitrogens with two attached hydrogens (primary N) is 1. The molecule has 7 nitrogen and oxygen atoms in total. The number of amides is 2. The second-order valence-corrected chi connectivity index (χ2v) is 7.63. The Kier molecular flexibility index (Phi) is 6.20. The van der Waals surface area contributed by atoms with Gasteiger partial charge in [0.2, 0.25) is 5.91 Å². The van der Waals surface area contributed by atoms with Gasteiger partial charge in [-0.15, -0.1) is 0 Å². The number of aromatic nitrogens is 1. The van der Waals surface area contributed by atoms with Gasteiger partial charge in [0.15, 0.2) is 0 Å². The summed E-state index contributed by atoms with van der Waals surface area (Å²) in [4.78, 5) is 26.7. The SMILES string of the molecule is CCc1noc(C)c1C(=O)N1CCCC(COc2ccc(F)cc2)(CC(N)=O)C1. The van der Waals surface area contributed by atoms with Gasteiger partial charge in [-0.05, 0) is 50.5 Å². The van der Waals surface area contributed by atoms with Crippen LogP contribution in [-0.4, -0.2) is 41.6 Å². The van der Waals surface area contributed by atoms with Crippen LogP contribution in [0.1, 0.15) is 48.0 Å². The quantitative estimate of drug-likeness (QED) is 0.766. The van der Waals surface area contributed by atoms with E-state index in [2.05, 4.69) is 5.16 Å². The van der Waals surface area contributed by atoms with Crippen molar-refractivity contribution in [1.29, 1.82) is 0 Å². The second kappa shape index (κ2) is 8.63. The Morgan fingerprint density at radius 1 is 1.34 bits per heavy atom. The van der Waals surface area contributed by atoms with Gasteiger partial charge >= 0.3 is 0 Å². The summed E-state index contributed by atoms with van der Waals surface area (Å²) in [7, 11) is 0. The minimum absolute atomic E-state index is 0.0984. The fraction of sp³-hybridized carbons (Fsp3) is 0.476. The summed E-state index contributed by atoms with van der Waals surface area (Å²) in [6.45, 7) is 4.75. The van der Waals surface area contributed by atoms with E-state index in [4.69, 9.17) is 15.0 Å². The summed E-state index contributed by atoms with van der Waals surface area (Å²) in [6, 6.07) is 5.70. The number of hydrogen-bond acceptors (Lipinski definition) is 5.